The molecule has 39 heavy (non-hydrogen) atoms. The molecule has 0 aromatic heterocycles. The van der Waals surface area contributed by atoms with Gasteiger partial charge < -0.3 is 0 Å². The standard InChI is InChI=1S/C39H70/c1-7-10-23-39(36-20-13-17-32(29-36)28-35-19-12-16-31(35)5)24-21-33(22-25-39)30(4)15-11-18-34(14-8-2)37(9-3)38(6)26-27-38/h28,30-31,33-37H,7-27,29H2,1-6H3. The van der Waals surface area contributed by atoms with Gasteiger partial charge in [-0.15, -0.1) is 0 Å². The lowest BCUT2D eigenvalue weighted by molar-refractivity contribution is 0.0337. The van der Waals surface area contributed by atoms with Gasteiger partial charge in [-0.25, -0.2) is 0 Å². The van der Waals surface area contributed by atoms with Crippen LogP contribution in [0, 0.1) is 52.3 Å². The van der Waals surface area contributed by atoms with Gasteiger partial charge in [0.25, 0.3) is 0 Å². The van der Waals surface area contributed by atoms with E-state index in [-0.39, 0.29) is 0 Å². The fraction of sp³-hybridized carbons (Fsp3) is 0.949. The maximum Gasteiger partial charge on any atom is -0.0205 e. The number of hydrogen-bond donors (Lipinski definition) is 0. The van der Waals surface area contributed by atoms with E-state index in [1.54, 1.807) is 12.8 Å². The summed E-state index contributed by atoms with van der Waals surface area (Å²) in [4.78, 5) is 0. The lowest BCUT2D eigenvalue weighted by Gasteiger charge is -2.49. The Balaban J connectivity index is 1.29. The van der Waals surface area contributed by atoms with Crippen LogP contribution in [-0.2, 0) is 0 Å². The Bertz CT molecular complexity index is 731. The number of hydrogen-bond acceptors (Lipinski definition) is 0. The molecule has 0 bridgehead atoms. The summed E-state index contributed by atoms with van der Waals surface area (Å²) in [6.07, 6.45) is 35.4. The summed E-state index contributed by atoms with van der Waals surface area (Å²) in [6, 6.07) is 0. The van der Waals surface area contributed by atoms with Gasteiger partial charge in [-0.1, -0.05) is 117 Å². The molecule has 0 amide bonds. The Morgan fingerprint density at radius 3 is 2.23 bits per heavy atom. The summed E-state index contributed by atoms with van der Waals surface area (Å²) >= 11 is 0. The molecule has 4 rings (SSSR count). The molecule has 4 saturated carbocycles. The van der Waals surface area contributed by atoms with E-state index in [4.69, 9.17) is 0 Å². The smallest absolute Gasteiger partial charge is 0.0205 e. The molecule has 0 aromatic rings. The second kappa shape index (κ2) is 14.8. The first kappa shape index (κ1) is 31.7. The molecule has 226 valence electrons. The second-order valence-corrected chi connectivity index (χ2v) is 16.1. The van der Waals surface area contributed by atoms with Gasteiger partial charge in [0, 0.05) is 0 Å². The second-order valence-electron chi connectivity index (χ2n) is 16.1. The maximum absolute atomic E-state index is 2.81. The van der Waals surface area contributed by atoms with Gasteiger partial charge in [-0.3, -0.25) is 0 Å². The van der Waals surface area contributed by atoms with Crippen LogP contribution in [0.4, 0.5) is 0 Å². The Morgan fingerprint density at radius 2 is 1.62 bits per heavy atom. The van der Waals surface area contributed by atoms with Crippen LogP contribution in [-0.4, -0.2) is 0 Å². The SMILES string of the molecule is CCCCC1(C2CCCC(=CC3CCCC3C)C2)CCC(C(C)CCCC(CCC)C(CC)C2(C)CC2)CC1. The lowest BCUT2D eigenvalue weighted by Crippen LogP contribution is -2.38. The molecule has 0 saturated heterocycles. The van der Waals surface area contributed by atoms with Gasteiger partial charge in [-0.2, -0.15) is 0 Å². The van der Waals surface area contributed by atoms with Crippen molar-refractivity contribution in [2.75, 3.05) is 0 Å². The van der Waals surface area contributed by atoms with Crippen molar-refractivity contribution in [2.24, 2.45) is 52.3 Å². The van der Waals surface area contributed by atoms with Crippen LogP contribution in [0.25, 0.3) is 0 Å². The highest BCUT2D eigenvalue weighted by Gasteiger charge is 2.46. The first-order valence-electron chi connectivity index (χ1n) is 18.5. The average Bonchev–Trinajstić information content (AvgIpc) is 3.56. The summed E-state index contributed by atoms with van der Waals surface area (Å²) in [6.45, 7) is 15.1. The van der Waals surface area contributed by atoms with Crippen molar-refractivity contribution >= 4 is 0 Å². The van der Waals surface area contributed by atoms with Crippen molar-refractivity contribution in [3.8, 4) is 0 Å². The van der Waals surface area contributed by atoms with Gasteiger partial charge in [0.05, 0.1) is 0 Å². The Kier molecular flexibility index (Phi) is 12.0. The van der Waals surface area contributed by atoms with Crippen LogP contribution in [0.1, 0.15) is 183 Å². The van der Waals surface area contributed by atoms with Crippen LogP contribution in [0.15, 0.2) is 11.6 Å². The molecule has 0 heteroatoms. The molecule has 0 nitrogen and oxygen atoms in total. The van der Waals surface area contributed by atoms with Gasteiger partial charge in [0.15, 0.2) is 0 Å². The highest BCUT2D eigenvalue weighted by Crippen LogP contribution is 2.57. The zero-order valence-electron chi connectivity index (χ0n) is 27.7. The van der Waals surface area contributed by atoms with Crippen LogP contribution < -0.4 is 0 Å². The topological polar surface area (TPSA) is 0 Å². The molecule has 0 N–H and O–H groups in total. The quantitative estimate of drug-likeness (QED) is 0.182. The largest absolute Gasteiger partial charge is 0.0819 e. The Morgan fingerprint density at radius 1 is 0.846 bits per heavy atom. The Hall–Kier alpha value is -0.260. The van der Waals surface area contributed by atoms with Crippen molar-refractivity contribution in [1.82, 2.24) is 0 Å². The molecule has 6 unspecified atom stereocenters. The summed E-state index contributed by atoms with van der Waals surface area (Å²) in [5.74, 6) is 6.76. The van der Waals surface area contributed by atoms with Gasteiger partial charge in [-0.05, 0) is 129 Å². The van der Waals surface area contributed by atoms with Crippen LogP contribution in [0.2, 0.25) is 0 Å². The maximum atomic E-state index is 2.81. The monoisotopic (exact) mass is 539 g/mol. The Labute approximate surface area is 246 Å². The molecule has 0 aliphatic heterocycles. The summed E-state index contributed by atoms with van der Waals surface area (Å²) in [5.41, 5.74) is 3.26. The van der Waals surface area contributed by atoms with Crippen molar-refractivity contribution in [3.63, 3.8) is 0 Å². The third-order valence-electron chi connectivity index (χ3n) is 13.5. The zero-order chi connectivity index (χ0) is 27.9. The molecule has 0 aromatic carbocycles. The van der Waals surface area contributed by atoms with E-state index in [2.05, 4.69) is 47.6 Å². The highest BCUT2D eigenvalue weighted by atomic mass is 14.5. The average molecular weight is 539 g/mol. The zero-order valence-corrected chi connectivity index (χ0v) is 27.7. The molecule has 4 aliphatic carbocycles. The minimum Gasteiger partial charge on any atom is -0.0819 e. The van der Waals surface area contributed by atoms with E-state index in [0.717, 1.165) is 41.4 Å². The fourth-order valence-corrected chi connectivity index (χ4v) is 10.5. The summed E-state index contributed by atoms with van der Waals surface area (Å²) in [7, 11) is 0. The normalized spacial score (nSPS) is 36.1. The van der Waals surface area contributed by atoms with Gasteiger partial charge in [0.1, 0.15) is 0 Å². The first-order chi connectivity index (χ1) is 18.8. The molecule has 0 heterocycles. The fourth-order valence-electron chi connectivity index (χ4n) is 10.5. The predicted molar refractivity (Wildman–Crippen MR) is 173 cm³/mol. The third kappa shape index (κ3) is 8.19. The van der Waals surface area contributed by atoms with Crippen molar-refractivity contribution in [1.29, 1.82) is 0 Å². The van der Waals surface area contributed by atoms with Crippen molar-refractivity contribution in [3.05, 3.63) is 11.6 Å². The summed E-state index contributed by atoms with van der Waals surface area (Å²) < 4.78 is 0. The number of allylic oxidation sites excluding steroid dienone is 2. The third-order valence-corrected chi connectivity index (χ3v) is 13.5. The number of unbranched alkanes of at least 4 members (excludes halogenated alkanes) is 1. The highest BCUT2D eigenvalue weighted by molar-refractivity contribution is 5.12. The molecule has 4 aliphatic rings. The van der Waals surface area contributed by atoms with Gasteiger partial charge in [0.2, 0.25) is 0 Å². The predicted octanol–water partition coefficient (Wildman–Crippen LogP) is 13.0. The van der Waals surface area contributed by atoms with E-state index in [0.29, 0.717) is 10.8 Å². The molecule has 0 spiro atoms. The lowest BCUT2D eigenvalue weighted by atomic mass is 9.56. The van der Waals surface area contributed by atoms with Crippen molar-refractivity contribution < 1.29 is 0 Å². The van der Waals surface area contributed by atoms with E-state index < -0.39 is 0 Å². The van der Waals surface area contributed by atoms with Gasteiger partial charge >= 0.3 is 0 Å². The minimum absolute atomic E-state index is 0.674. The molecule has 4 fully saturated rings. The number of rotatable bonds is 15. The van der Waals surface area contributed by atoms with Crippen LogP contribution in [0.3, 0.4) is 0 Å². The molecule has 6 atom stereocenters. The minimum atomic E-state index is 0.674. The van der Waals surface area contributed by atoms with E-state index >= 15 is 0 Å². The molecular weight excluding hydrogens is 468 g/mol. The molecular formula is C39H70. The first-order valence-corrected chi connectivity index (χ1v) is 18.5. The molecule has 0 radical (unpaired) electrons. The van der Waals surface area contributed by atoms with E-state index in [1.807, 2.05) is 5.57 Å². The van der Waals surface area contributed by atoms with E-state index in [1.165, 1.54) is 128 Å². The van der Waals surface area contributed by atoms with Crippen molar-refractivity contribution in [2.45, 2.75) is 183 Å². The van der Waals surface area contributed by atoms with Crippen LogP contribution in [0.5, 0.6) is 0 Å². The van der Waals surface area contributed by atoms with Crippen LogP contribution >= 0.6 is 0 Å². The van der Waals surface area contributed by atoms with E-state index in [9.17, 15) is 0 Å². The summed E-state index contributed by atoms with van der Waals surface area (Å²) in [5, 5.41) is 0.